The molecule has 88 valence electrons. The summed E-state index contributed by atoms with van der Waals surface area (Å²) in [4.78, 5) is 11.9. The average molecular weight is 213 g/mol. The van der Waals surface area contributed by atoms with Crippen molar-refractivity contribution in [3.05, 3.63) is 0 Å². The summed E-state index contributed by atoms with van der Waals surface area (Å²) in [6.07, 6.45) is 2.28. The molecule has 1 aliphatic carbocycles. The number of nitrogens with one attached hydrogen (secondary N) is 1. The highest BCUT2D eigenvalue weighted by atomic mass is 16.5. The maximum absolute atomic E-state index is 11.9. The van der Waals surface area contributed by atoms with E-state index < -0.39 is 5.54 Å². The first-order valence-electron chi connectivity index (χ1n) is 5.93. The Morgan fingerprint density at radius 1 is 1.53 bits per heavy atom. The smallest absolute Gasteiger partial charge is 0.326 e. The fraction of sp³-hybridized carbons (Fsp3) is 0.917. The van der Waals surface area contributed by atoms with Crippen LogP contribution in [0, 0.1) is 11.8 Å². The molecule has 0 amide bonds. The van der Waals surface area contributed by atoms with E-state index in [9.17, 15) is 4.79 Å². The number of carbonyl (C=O) groups excluding carboxylic acids is 1. The van der Waals surface area contributed by atoms with Crippen molar-refractivity contribution in [2.24, 2.45) is 11.8 Å². The Morgan fingerprint density at radius 3 is 2.53 bits per heavy atom. The van der Waals surface area contributed by atoms with Crippen LogP contribution in [0.5, 0.6) is 0 Å². The predicted octanol–water partition coefficient (Wildman–Crippen LogP) is 1.96. The minimum Gasteiger partial charge on any atom is -0.465 e. The van der Waals surface area contributed by atoms with Gasteiger partial charge in [-0.3, -0.25) is 4.79 Å². The van der Waals surface area contributed by atoms with Gasteiger partial charge < -0.3 is 10.1 Å². The highest BCUT2D eigenvalue weighted by molar-refractivity contribution is 5.81. The van der Waals surface area contributed by atoms with E-state index >= 15 is 0 Å². The molecule has 3 heteroatoms. The van der Waals surface area contributed by atoms with Gasteiger partial charge in [0.05, 0.1) is 6.61 Å². The van der Waals surface area contributed by atoms with Gasteiger partial charge in [-0.15, -0.1) is 0 Å². The molecule has 0 heterocycles. The lowest BCUT2D eigenvalue weighted by atomic mass is 9.95. The van der Waals surface area contributed by atoms with Crippen molar-refractivity contribution in [2.45, 2.75) is 46.1 Å². The van der Waals surface area contributed by atoms with Gasteiger partial charge in [0.2, 0.25) is 0 Å². The number of hydrogen-bond donors (Lipinski definition) is 1. The Kier molecular flexibility index (Phi) is 4.14. The lowest BCUT2D eigenvalue weighted by molar-refractivity contribution is -0.151. The fourth-order valence-electron chi connectivity index (χ4n) is 1.74. The summed E-state index contributed by atoms with van der Waals surface area (Å²) in [6.45, 7) is 9.45. The third kappa shape index (κ3) is 3.20. The third-order valence-electron chi connectivity index (χ3n) is 2.97. The van der Waals surface area contributed by atoms with Crippen molar-refractivity contribution in [1.29, 1.82) is 0 Å². The lowest BCUT2D eigenvalue weighted by Gasteiger charge is -2.29. The molecule has 1 atom stereocenters. The normalized spacial score (nSPS) is 20.1. The third-order valence-corrected chi connectivity index (χ3v) is 2.97. The molecule has 1 saturated carbocycles. The zero-order valence-electron chi connectivity index (χ0n) is 10.3. The van der Waals surface area contributed by atoms with Crippen LogP contribution in [0.25, 0.3) is 0 Å². The quantitative estimate of drug-likeness (QED) is 0.685. The van der Waals surface area contributed by atoms with Crippen LogP contribution in [-0.4, -0.2) is 24.7 Å². The Morgan fingerprint density at radius 2 is 2.13 bits per heavy atom. The molecule has 15 heavy (non-hydrogen) atoms. The van der Waals surface area contributed by atoms with E-state index in [1.54, 1.807) is 0 Å². The van der Waals surface area contributed by atoms with Gasteiger partial charge in [0.25, 0.3) is 0 Å². The summed E-state index contributed by atoms with van der Waals surface area (Å²) < 4.78 is 5.14. The second-order valence-electron chi connectivity index (χ2n) is 4.97. The summed E-state index contributed by atoms with van der Waals surface area (Å²) in [6, 6.07) is 0. The van der Waals surface area contributed by atoms with Gasteiger partial charge in [-0.25, -0.2) is 0 Å². The van der Waals surface area contributed by atoms with Crippen molar-refractivity contribution < 1.29 is 9.53 Å². The fourth-order valence-corrected chi connectivity index (χ4v) is 1.74. The number of esters is 1. The molecule has 1 N–H and O–H groups in total. The van der Waals surface area contributed by atoms with Crippen molar-refractivity contribution in [2.75, 3.05) is 13.2 Å². The molecule has 1 aliphatic rings. The zero-order valence-corrected chi connectivity index (χ0v) is 10.3. The van der Waals surface area contributed by atoms with Gasteiger partial charge in [0.1, 0.15) is 5.54 Å². The van der Waals surface area contributed by atoms with Crippen LogP contribution in [0.1, 0.15) is 40.5 Å². The summed E-state index contributed by atoms with van der Waals surface area (Å²) in [7, 11) is 0. The first-order valence-corrected chi connectivity index (χ1v) is 5.93. The molecule has 1 rings (SSSR count). The molecule has 0 saturated heterocycles. The molecule has 0 aliphatic heterocycles. The molecule has 1 unspecified atom stereocenters. The SMILES string of the molecule is CCOC(=O)C(C)(NCC(C)C)C1CC1. The van der Waals surface area contributed by atoms with Gasteiger partial charge in [-0.2, -0.15) is 0 Å². The topological polar surface area (TPSA) is 38.3 Å². The van der Waals surface area contributed by atoms with E-state index in [0.717, 1.165) is 19.4 Å². The van der Waals surface area contributed by atoms with Crippen LogP contribution in [0.4, 0.5) is 0 Å². The predicted molar refractivity (Wildman–Crippen MR) is 60.6 cm³/mol. The average Bonchev–Trinajstić information content (AvgIpc) is 2.97. The maximum atomic E-state index is 11.9. The molecule has 0 aromatic heterocycles. The Balaban J connectivity index is 2.56. The van der Waals surface area contributed by atoms with E-state index in [1.165, 1.54) is 0 Å². The van der Waals surface area contributed by atoms with Crippen molar-refractivity contribution in [3.63, 3.8) is 0 Å². The Labute approximate surface area is 92.6 Å². The molecular weight excluding hydrogens is 190 g/mol. The monoisotopic (exact) mass is 213 g/mol. The van der Waals surface area contributed by atoms with Crippen LogP contribution < -0.4 is 5.32 Å². The number of hydrogen-bond acceptors (Lipinski definition) is 3. The van der Waals surface area contributed by atoms with E-state index in [4.69, 9.17) is 4.74 Å². The highest BCUT2D eigenvalue weighted by Gasteiger charge is 2.47. The standard InChI is InChI=1S/C12H23NO2/c1-5-15-11(14)12(4,10-6-7-10)13-8-9(2)3/h9-10,13H,5-8H2,1-4H3. The Hall–Kier alpha value is -0.570. The number of rotatable bonds is 6. The molecule has 0 aromatic carbocycles. The molecular formula is C12H23NO2. The summed E-state index contributed by atoms with van der Waals surface area (Å²) in [5.74, 6) is 0.931. The van der Waals surface area contributed by atoms with Crippen LogP contribution in [0.3, 0.4) is 0 Å². The second kappa shape index (κ2) is 4.97. The van der Waals surface area contributed by atoms with E-state index in [1.807, 2.05) is 13.8 Å². The molecule has 0 spiro atoms. The van der Waals surface area contributed by atoms with Gasteiger partial charge in [0, 0.05) is 0 Å². The van der Waals surface area contributed by atoms with Crippen molar-refractivity contribution in [1.82, 2.24) is 5.32 Å². The van der Waals surface area contributed by atoms with Gasteiger partial charge >= 0.3 is 5.97 Å². The molecule has 1 fully saturated rings. The van der Waals surface area contributed by atoms with Crippen LogP contribution in [0.15, 0.2) is 0 Å². The van der Waals surface area contributed by atoms with Gasteiger partial charge in [-0.05, 0) is 45.1 Å². The summed E-state index contributed by atoms with van der Waals surface area (Å²) in [5.41, 5.74) is -0.458. The van der Waals surface area contributed by atoms with Crippen molar-refractivity contribution in [3.8, 4) is 0 Å². The molecule has 0 bridgehead atoms. The van der Waals surface area contributed by atoms with Gasteiger partial charge in [0.15, 0.2) is 0 Å². The van der Waals surface area contributed by atoms with Gasteiger partial charge in [-0.1, -0.05) is 13.8 Å². The lowest BCUT2D eigenvalue weighted by Crippen LogP contribution is -2.53. The largest absolute Gasteiger partial charge is 0.465 e. The first-order chi connectivity index (χ1) is 7.00. The summed E-state index contributed by atoms with van der Waals surface area (Å²) in [5, 5.41) is 3.37. The maximum Gasteiger partial charge on any atom is 0.326 e. The minimum atomic E-state index is -0.458. The number of carbonyl (C=O) groups is 1. The van der Waals surface area contributed by atoms with E-state index in [2.05, 4.69) is 19.2 Å². The van der Waals surface area contributed by atoms with Crippen LogP contribution in [0.2, 0.25) is 0 Å². The Bertz CT molecular complexity index is 224. The molecule has 0 aromatic rings. The number of ether oxygens (including phenoxy) is 1. The van der Waals surface area contributed by atoms with E-state index in [0.29, 0.717) is 18.4 Å². The van der Waals surface area contributed by atoms with Crippen LogP contribution in [-0.2, 0) is 9.53 Å². The highest BCUT2D eigenvalue weighted by Crippen LogP contribution is 2.40. The van der Waals surface area contributed by atoms with E-state index in [-0.39, 0.29) is 5.97 Å². The summed E-state index contributed by atoms with van der Waals surface area (Å²) >= 11 is 0. The zero-order chi connectivity index (χ0) is 11.5. The first kappa shape index (κ1) is 12.5. The van der Waals surface area contributed by atoms with Crippen LogP contribution >= 0.6 is 0 Å². The molecule has 0 radical (unpaired) electrons. The van der Waals surface area contributed by atoms with Crippen molar-refractivity contribution >= 4 is 5.97 Å². The minimum absolute atomic E-state index is 0.0897. The second-order valence-corrected chi connectivity index (χ2v) is 4.97. The molecule has 3 nitrogen and oxygen atoms in total.